The fourth-order valence-corrected chi connectivity index (χ4v) is 3.36. The number of halogens is 1. The number of benzene rings is 1. The van der Waals surface area contributed by atoms with Gasteiger partial charge in [0.05, 0.1) is 0 Å². The zero-order valence-corrected chi connectivity index (χ0v) is 11.7. The number of rotatable bonds is 2. The van der Waals surface area contributed by atoms with E-state index in [9.17, 15) is 0 Å². The summed E-state index contributed by atoms with van der Waals surface area (Å²) < 4.78 is 0. The van der Waals surface area contributed by atoms with Gasteiger partial charge in [0.25, 0.3) is 0 Å². The van der Waals surface area contributed by atoms with Crippen LogP contribution in [-0.4, -0.2) is 6.04 Å². The molecule has 1 N–H and O–H groups in total. The topological polar surface area (TPSA) is 12.0 Å². The lowest BCUT2D eigenvalue weighted by Gasteiger charge is -2.39. The maximum Gasteiger partial charge on any atom is 0.0407 e. The average Bonchev–Trinajstić information content (AvgIpc) is 2.18. The van der Waals surface area contributed by atoms with Crippen molar-refractivity contribution < 1.29 is 0 Å². The molecule has 0 spiro atoms. The summed E-state index contributed by atoms with van der Waals surface area (Å²) in [6, 6.07) is 8.61. The van der Waals surface area contributed by atoms with Crippen LogP contribution in [0.3, 0.4) is 0 Å². The highest BCUT2D eigenvalue weighted by atomic mass is 35.5. The van der Waals surface area contributed by atoms with Crippen molar-refractivity contribution in [3.8, 4) is 0 Å². The molecule has 1 fully saturated rings. The van der Waals surface area contributed by atoms with E-state index in [1.165, 1.54) is 24.9 Å². The third-order valence-electron chi connectivity index (χ3n) is 3.60. The maximum absolute atomic E-state index is 5.90. The van der Waals surface area contributed by atoms with Gasteiger partial charge in [0, 0.05) is 16.8 Å². The summed E-state index contributed by atoms with van der Waals surface area (Å²) in [6.45, 7) is 7.11. The third-order valence-corrected chi connectivity index (χ3v) is 3.85. The Kier molecular flexibility index (Phi) is 3.67. The molecule has 1 aromatic carbocycles. The molecule has 1 aliphatic carbocycles. The lowest BCUT2D eigenvalue weighted by Crippen LogP contribution is -2.35. The van der Waals surface area contributed by atoms with Gasteiger partial charge in [-0.1, -0.05) is 32.4 Å². The average molecular weight is 252 g/mol. The second-order valence-corrected chi connectivity index (χ2v) is 6.70. The van der Waals surface area contributed by atoms with Gasteiger partial charge >= 0.3 is 0 Å². The van der Waals surface area contributed by atoms with Crippen LogP contribution in [0.5, 0.6) is 0 Å². The summed E-state index contributed by atoms with van der Waals surface area (Å²) >= 11 is 5.90. The van der Waals surface area contributed by atoms with E-state index in [4.69, 9.17) is 11.6 Å². The van der Waals surface area contributed by atoms with E-state index >= 15 is 0 Å². The summed E-state index contributed by atoms with van der Waals surface area (Å²) in [5.74, 6) is 0.809. The smallest absolute Gasteiger partial charge is 0.0407 e. The van der Waals surface area contributed by atoms with Gasteiger partial charge in [0.1, 0.15) is 0 Å². The monoisotopic (exact) mass is 251 g/mol. The molecule has 2 unspecified atom stereocenters. The second-order valence-electron chi connectivity index (χ2n) is 6.26. The SMILES string of the molecule is CC1CC(Nc2ccc(Cl)cc2)CC(C)(C)C1. The highest BCUT2D eigenvalue weighted by molar-refractivity contribution is 6.30. The second kappa shape index (κ2) is 4.89. The van der Waals surface area contributed by atoms with Crippen LogP contribution >= 0.6 is 11.6 Å². The number of anilines is 1. The Morgan fingerprint density at radius 1 is 1.18 bits per heavy atom. The van der Waals surface area contributed by atoms with Crippen LogP contribution in [0.25, 0.3) is 0 Å². The van der Waals surface area contributed by atoms with Gasteiger partial charge in [0.2, 0.25) is 0 Å². The van der Waals surface area contributed by atoms with Crippen molar-refractivity contribution in [2.75, 3.05) is 5.32 Å². The molecule has 0 amide bonds. The molecule has 94 valence electrons. The van der Waals surface area contributed by atoms with Crippen LogP contribution in [0.2, 0.25) is 5.02 Å². The first kappa shape index (κ1) is 12.8. The van der Waals surface area contributed by atoms with Crippen molar-refractivity contribution in [3.63, 3.8) is 0 Å². The largest absolute Gasteiger partial charge is 0.382 e. The summed E-state index contributed by atoms with van der Waals surface area (Å²) in [6.07, 6.45) is 3.86. The van der Waals surface area contributed by atoms with E-state index in [2.05, 4.69) is 38.2 Å². The van der Waals surface area contributed by atoms with Crippen LogP contribution in [-0.2, 0) is 0 Å². The highest BCUT2D eigenvalue weighted by Gasteiger charge is 2.31. The minimum absolute atomic E-state index is 0.460. The van der Waals surface area contributed by atoms with E-state index in [0.29, 0.717) is 11.5 Å². The molecule has 1 aliphatic rings. The quantitative estimate of drug-likeness (QED) is 0.783. The first-order valence-electron chi connectivity index (χ1n) is 6.47. The van der Waals surface area contributed by atoms with Gasteiger partial charge in [-0.05, 0) is 54.9 Å². The van der Waals surface area contributed by atoms with Crippen molar-refractivity contribution >= 4 is 17.3 Å². The molecule has 2 heteroatoms. The Bertz CT molecular complexity index is 369. The molecule has 17 heavy (non-hydrogen) atoms. The molecule has 0 bridgehead atoms. The number of hydrogen-bond donors (Lipinski definition) is 1. The molecule has 0 aliphatic heterocycles. The van der Waals surface area contributed by atoms with Crippen molar-refractivity contribution in [3.05, 3.63) is 29.3 Å². The van der Waals surface area contributed by atoms with Crippen LogP contribution in [0.4, 0.5) is 5.69 Å². The van der Waals surface area contributed by atoms with Crippen LogP contribution < -0.4 is 5.32 Å². The number of hydrogen-bond acceptors (Lipinski definition) is 1. The van der Waals surface area contributed by atoms with Crippen molar-refractivity contribution in [1.29, 1.82) is 0 Å². The summed E-state index contributed by atoms with van der Waals surface area (Å²) in [4.78, 5) is 0. The molecule has 1 saturated carbocycles. The molecular formula is C15H22ClN. The van der Waals surface area contributed by atoms with Crippen LogP contribution in [0.1, 0.15) is 40.0 Å². The zero-order valence-electron chi connectivity index (χ0n) is 11.0. The normalized spacial score (nSPS) is 27.8. The standard InChI is InChI=1S/C15H22ClN/c1-11-8-14(10-15(2,3)9-11)17-13-6-4-12(16)5-7-13/h4-7,11,14,17H,8-10H2,1-3H3. The van der Waals surface area contributed by atoms with E-state index in [0.717, 1.165) is 10.9 Å². The summed E-state index contributed by atoms with van der Waals surface area (Å²) in [5.41, 5.74) is 1.64. The molecule has 0 heterocycles. The lowest BCUT2D eigenvalue weighted by atomic mass is 9.70. The van der Waals surface area contributed by atoms with Crippen molar-refractivity contribution in [2.24, 2.45) is 11.3 Å². The van der Waals surface area contributed by atoms with Gasteiger partial charge in [-0.25, -0.2) is 0 Å². The van der Waals surface area contributed by atoms with Crippen molar-refractivity contribution in [1.82, 2.24) is 0 Å². The van der Waals surface area contributed by atoms with E-state index in [1.807, 2.05) is 12.1 Å². The molecule has 2 rings (SSSR count). The zero-order chi connectivity index (χ0) is 12.5. The predicted octanol–water partition coefficient (Wildman–Crippen LogP) is 4.97. The Morgan fingerprint density at radius 3 is 2.41 bits per heavy atom. The predicted molar refractivity (Wildman–Crippen MR) is 75.7 cm³/mol. The molecule has 2 atom stereocenters. The Balaban J connectivity index is 2.01. The van der Waals surface area contributed by atoms with E-state index in [-0.39, 0.29) is 0 Å². The number of nitrogens with one attached hydrogen (secondary N) is 1. The minimum atomic E-state index is 0.460. The van der Waals surface area contributed by atoms with E-state index < -0.39 is 0 Å². The summed E-state index contributed by atoms with van der Waals surface area (Å²) in [5, 5.41) is 4.43. The molecule has 0 aromatic heterocycles. The van der Waals surface area contributed by atoms with Gasteiger partial charge in [-0.3, -0.25) is 0 Å². The Labute approximate surface area is 110 Å². The van der Waals surface area contributed by atoms with Gasteiger partial charge in [0.15, 0.2) is 0 Å². The maximum atomic E-state index is 5.90. The van der Waals surface area contributed by atoms with Gasteiger partial charge < -0.3 is 5.32 Å². The molecule has 0 radical (unpaired) electrons. The van der Waals surface area contributed by atoms with Crippen molar-refractivity contribution in [2.45, 2.75) is 46.1 Å². The Hall–Kier alpha value is -0.690. The van der Waals surface area contributed by atoms with Gasteiger partial charge in [-0.15, -0.1) is 0 Å². The van der Waals surface area contributed by atoms with Gasteiger partial charge in [-0.2, -0.15) is 0 Å². The molecule has 0 saturated heterocycles. The molecular weight excluding hydrogens is 230 g/mol. The molecule has 1 aromatic rings. The minimum Gasteiger partial charge on any atom is -0.382 e. The third kappa shape index (κ3) is 3.64. The highest BCUT2D eigenvalue weighted by Crippen LogP contribution is 2.39. The first-order valence-corrected chi connectivity index (χ1v) is 6.84. The summed E-state index contributed by atoms with van der Waals surface area (Å²) in [7, 11) is 0. The molecule has 1 nitrogen and oxygen atoms in total. The Morgan fingerprint density at radius 2 is 1.82 bits per heavy atom. The lowest BCUT2D eigenvalue weighted by molar-refractivity contribution is 0.178. The fourth-order valence-electron chi connectivity index (χ4n) is 3.24. The first-order chi connectivity index (χ1) is 7.94. The van der Waals surface area contributed by atoms with E-state index in [1.54, 1.807) is 0 Å². The van der Waals surface area contributed by atoms with Crippen LogP contribution in [0, 0.1) is 11.3 Å². The fraction of sp³-hybridized carbons (Fsp3) is 0.600. The van der Waals surface area contributed by atoms with Crippen LogP contribution in [0.15, 0.2) is 24.3 Å².